The molecule has 0 saturated carbocycles. The van der Waals surface area contributed by atoms with E-state index in [2.05, 4.69) is 12.2 Å². The van der Waals surface area contributed by atoms with Gasteiger partial charge in [0.15, 0.2) is 0 Å². The fourth-order valence-corrected chi connectivity index (χ4v) is 3.70. The Morgan fingerprint density at radius 3 is 2.79 bits per heavy atom. The van der Waals surface area contributed by atoms with Crippen LogP contribution in [-0.2, 0) is 4.79 Å². The van der Waals surface area contributed by atoms with E-state index in [-0.39, 0.29) is 11.8 Å². The maximum atomic E-state index is 13.1. The number of carbonyl (C=O) groups excluding carboxylic acids is 2. The quantitative estimate of drug-likeness (QED) is 0.902. The van der Waals surface area contributed by atoms with Crippen LogP contribution in [0.3, 0.4) is 0 Å². The van der Waals surface area contributed by atoms with Crippen LogP contribution in [-0.4, -0.2) is 48.9 Å². The van der Waals surface area contributed by atoms with Crippen LogP contribution in [0.5, 0.6) is 0 Å². The summed E-state index contributed by atoms with van der Waals surface area (Å²) < 4.78 is 0. The van der Waals surface area contributed by atoms with Crippen LogP contribution in [0, 0.1) is 0 Å². The Hall–Kier alpha value is -1.88. The molecule has 5 heteroatoms. The molecular formula is C19H27N3O2. The fourth-order valence-electron chi connectivity index (χ4n) is 3.70. The van der Waals surface area contributed by atoms with E-state index in [0.717, 1.165) is 57.5 Å². The number of nitrogens with zero attached hydrogens (tertiary/aromatic N) is 2. The number of hydrogen-bond acceptors (Lipinski definition) is 3. The van der Waals surface area contributed by atoms with E-state index < -0.39 is 0 Å². The average Bonchev–Trinajstić information content (AvgIpc) is 3.06. The Morgan fingerprint density at radius 2 is 2.12 bits per heavy atom. The van der Waals surface area contributed by atoms with E-state index in [4.69, 9.17) is 0 Å². The van der Waals surface area contributed by atoms with E-state index in [1.54, 1.807) is 4.90 Å². The third-order valence-electron chi connectivity index (χ3n) is 4.95. The van der Waals surface area contributed by atoms with E-state index in [1.807, 2.05) is 29.2 Å². The predicted molar refractivity (Wildman–Crippen MR) is 95.2 cm³/mol. The van der Waals surface area contributed by atoms with E-state index in [1.165, 1.54) is 0 Å². The van der Waals surface area contributed by atoms with Crippen LogP contribution in [0.4, 0.5) is 5.69 Å². The third kappa shape index (κ3) is 3.61. The van der Waals surface area contributed by atoms with Crippen LogP contribution < -0.4 is 10.2 Å². The minimum Gasteiger partial charge on any atom is -0.336 e. The number of piperidine rings is 1. The van der Waals surface area contributed by atoms with Gasteiger partial charge in [-0.3, -0.25) is 9.59 Å². The molecule has 0 spiro atoms. The lowest BCUT2D eigenvalue weighted by Crippen LogP contribution is -2.46. The number of anilines is 1. The molecule has 3 rings (SSSR count). The first-order chi connectivity index (χ1) is 11.7. The zero-order valence-electron chi connectivity index (χ0n) is 14.5. The molecule has 2 heterocycles. The SMILES string of the molecule is CCCN(C(=O)c1cccc(N2CCCC2=O)c1)C1CCNCC1. The van der Waals surface area contributed by atoms with Gasteiger partial charge in [0, 0.05) is 36.8 Å². The summed E-state index contributed by atoms with van der Waals surface area (Å²) in [5, 5.41) is 3.36. The summed E-state index contributed by atoms with van der Waals surface area (Å²) in [5.41, 5.74) is 1.55. The maximum Gasteiger partial charge on any atom is 0.254 e. The summed E-state index contributed by atoms with van der Waals surface area (Å²) in [6.45, 7) is 5.60. The number of rotatable bonds is 5. The van der Waals surface area contributed by atoms with Gasteiger partial charge in [0.25, 0.3) is 5.91 Å². The van der Waals surface area contributed by atoms with Crippen LogP contribution in [0.15, 0.2) is 24.3 Å². The van der Waals surface area contributed by atoms with Crippen LogP contribution in [0.25, 0.3) is 0 Å². The van der Waals surface area contributed by atoms with Crippen molar-refractivity contribution in [2.75, 3.05) is 31.1 Å². The third-order valence-corrected chi connectivity index (χ3v) is 4.95. The van der Waals surface area contributed by atoms with Gasteiger partial charge >= 0.3 is 0 Å². The molecule has 0 aliphatic carbocycles. The number of carbonyl (C=O) groups is 2. The van der Waals surface area contributed by atoms with Crippen molar-refractivity contribution in [2.24, 2.45) is 0 Å². The Kier molecular flexibility index (Phi) is 5.51. The van der Waals surface area contributed by atoms with Crippen molar-refractivity contribution in [2.45, 2.75) is 45.1 Å². The highest BCUT2D eigenvalue weighted by atomic mass is 16.2. The molecule has 2 amide bonds. The summed E-state index contributed by atoms with van der Waals surface area (Å²) in [4.78, 5) is 28.9. The van der Waals surface area contributed by atoms with Crippen molar-refractivity contribution < 1.29 is 9.59 Å². The topological polar surface area (TPSA) is 52.7 Å². The summed E-state index contributed by atoms with van der Waals surface area (Å²) in [6.07, 6.45) is 4.48. The molecule has 1 N–H and O–H groups in total. The van der Waals surface area contributed by atoms with Crippen molar-refractivity contribution in [1.82, 2.24) is 10.2 Å². The molecule has 24 heavy (non-hydrogen) atoms. The van der Waals surface area contributed by atoms with Crippen molar-refractivity contribution in [3.05, 3.63) is 29.8 Å². The molecule has 1 aromatic rings. The first-order valence-electron chi connectivity index (χ1n) is 9.13. The Bertz CT molecular complexity index is 596. The van der Waals surface area contributed by atoms with E-state index >= 15 is 0 Å². The van der Waals surface area contributed by atoms with Gasteiger partial charge in [0.1, 0.15) is 0 Å². The molecule has 0 radical (unpaired) electrons. The van der Waals surface area contributed by atoms with Gasteiger partial charge in [-0.15, -0.1) is 0 Å². The summed E-state index contributed by atoms with van der Waals surface area (Å²) in [6, 6.07) is 7.89. The Morgan fingerprint density at radius 1 is 1.33 bits per heavy atom. The van der Waals surface area contributed by atoms with Crippen molar-refractivity contribution in [3.8, 4) is 0 Å². The molecule has 0 bridgehead atoms. The summed E-state index contributed by atoms with van der Waals surface area (Å²) in [5.74, 6) is 0.251. The predicted octanol–water partition coefficient (Wildman–Crippen LogP) is 2.42. The van der Waals surface area contributed by atoms with Crippen LogP contribution >= 0.6 is 0 Å². The minimum atomic E-state index is 0.0947. The maximum absolute atomic E-state index is 13.1. The molecule has 1 aromatic carbocycles. The Balaban J connectivity index is 1.80. The number of amides is 2. The lowest BCUT2D eigenvalue weighted by molar-refractivity contribution is -0.117. The highest BCUT2D eigenvalue weighted by molar-refractivity contribution is 5.99. The molecule has 2 saturated heterocycles. The largest absolute Gasteiger partial charge is 0.336 e. The molecule has 0 atom stereocenters. The first-order valence-corrected chi connectivity index (χ1v) is 9.13. The number of benzene rings is 1. The molecule has 2 aliphatic heterocycles. The molecule has 2 fully saturated rings. The second-order valence-electron chi connectivity index (χ2n) is 6.68. The highest BCUT2D eigenvalue weighted by Gasteiger charge is 2.27. The molecule has 5 nitrogen and oxygen atoms in total. The van der Waals surface area contributed by atoms with Gasteiger partial charge < -0.3 is 15.1 Å². The standard InChI is InChI=1S/C19H27N3O2/c1-2-12-22(16-8-10-20-11-9-16)19(24)15-5-3-6-17(14-15)21-13-4-7-18(21)23/h3,5-6,14,16,20H,2,4,7-13H2,1H3. The molecule has 0 unspecified atom stereocenters. The lowest BCUT2D eigenvalue weighted by Gasteiger charge is -2.34. The fraction of sp³-hybridized carbons (Fsp3) is 0.579. The summed E-state index contributed by atoms with van der Waals surface area (Å²) in [7, 11) is 0. The highest BCUT2D eigenvalue weighted by Crippen LogP contribution is 2.24. The monoisotopic (exact) mass is 329 g/mol. The second kappa shape index (κ2) is 7.79. The van der Waals surface area contributed by atoms with Crippen molar-refractivity contribution in [3.63, 3.8) is 0 Å². The lowest BCUT2D eigenvalue weighted by atomic mass is 10.0. The molecule has 130 valence electrons. The van der Waals surface area contributed by atoms with Gasteiger partial charge in [0.2, 0.25) is 5.91 Å². The average molecular weight is 329 g/mol. The molecular weight excluding hydrogens is 302 g/mol. The molecule has 0 aromatic heterocycles. The normalized spacial score (nSPS) is 18.9. The van der Waals surface area contributed by atoms with Gasteiger partial charge in [-0.25, -0.2) is 0 Å². The smallest absolute Gasteiger partial charge is 0.254 e. The Labute approximate surface area is 144 Å². The zero-order valence-corrected chi connectivity index (χ0v) is 14.5. The van der Waals surface area contributed by atoms with E-state index in [9.17, 15) is 9.59 Å². The van der Waals surface area contributed by atoms with Crippen LogP contribution in [0.2, 0.25) is 0 Å². The van der Waals surface area contributed by atoms with Gasteiger partial charge in [0.05, 0.1) is 0 Å². The molecule has 2 aliphatic rings. The minimum absolute atomic E-state index is 0.0947. The van der Waals surface area contributed by atoms with Crippen LogP contribution in [0.1, 0.15) is 49.4 Å². The summed E-state index contributed by atoms with van der Waals surface area (Å²) >= 11 is 0. The second-order valence-corrected chi connectivity index (χ2v) is 6.68. The zero-order chi connectivity index (χ0) is 16.9. The van der Waals surface area contributed by atoms with Gasteiger partial charge in [-0.2, -0.15) is 0 Å². The number of nitrogens with one attached hydrogen (secondary N) is 1. The number of hydrogen-bond donors (Lipinski definition) is 1. The van der Waals surface area contributed by atoms with E-state index in [0.29, 0.717) is 18.0 Å². The first kappa shape index (κ1) is 17.0. The van der Waals surface area contributed by atoms with Crippen molar-refractivity contribution in [1.29, 1.82) is 0 Å². The van der Waals surface area contributed by atoms with Gasteiger partial charge in [-0.1, -0.05) is 13.0 Å². The van der Waals surface area contributed by atoms with Crippen molar-refractivity contribution >= 4 is 17.5 Å². The van der Waals surface area contributed by atoms with Gasteiger partial charge in [-0.05, 0) is 57.0 Å².